The zero-order valence-corrected chi connectivity index (χ0v) is 15.5. The van der Waals surface area contributed by atoms with Crippen molar-refractivity contribution in [2.75, 3.05) is 13.6 Å². The minimum atomic E-state index is -0.576. The van der Waals surface area contributed by atoms with Crippen molar-refractivity contribution in [2.45, 2.75) is 53.6 Å². The molecule has 0 aromatic rings. The number of ether oxygens (including phenoxy) is 1. The summed E-state index contributed by atoms with van der Waals surface area (Å²) in [6.07, 6.45) is 3.92. The monoisotopic (exact) mass is 325 g/mol. The molecule has 0 unspecified atom stereocenters. The van der Waals surface area contributed by atoms with Gasteiger partial charge in [-0.15, -0.1) is 0 Å². The number of hydrogen-bond donors (Lipinski definition) is 1. The van der Waals surface area contributed by atoms with E-state index >= 15 is 0 Å². The van der Waals surface area contributed by atoms with Crippen molar-refractivity contribution in [3.05, 3.63) is 35.8 Å². The van der Waals surface area contributed by atoms with Crippen LogP contribution in [0.5, 0.6) is 0 Å². The molecule has 0 aromatic heterocycles. The van der Waals surface area contributed by atoms with E-state index in [0.29, 0.717) is 17.6 Å². The highest BCUT2D eigenvalue weighted by Crippen LogP contribution is 2.19. The number of carbonyl (C=O) groups is 2. The maximum absolute atomic E-state index is 11.8. The summed E-state index contributed by atoms with van der Waals surface area (Å²) >= 11 is 0. The number of aliphatic hydroxyl groups excluding tert-OH is 1. The lowest BCUT2D eigenvalue weighted by molar-refractivity contribution is -0.155. The molecule has 0 fully saturated rings. The molecule has 0 spiro atoms. The number of hydrogen-bond acceptors (Lipinski definition) is 5. The quantitative estimate of drug-likeness (QED) is 0.334. The smallest absolute Gasteiger partial charge is 0.326 e. The first-order valence-electron chi connectivity index (χ1n) is 7.73. The second-order valence-electron chi connectivity index (χ2n) is 5.65. The molecule has 0 radical (unpaired) electrons. The van der Waals surface area contributed by atoms with E-state index in [0.717, 1.165) is 0 Å². The highest BCUT2D eigenvalue weighted by atomic mass is 16.6. The third-order valence-corrected chi connectivity index (χ3v) is 2.40. The molecular weight excluding hydrogens is 294 g/mol. The summed E-state index contributed by atoms with van der Waals surface area (Å²) in [6.45, 7) is 14.8. The Morgan fingerprint density at radius 2 is 1.83 bits per heavy atom. The Morgan fingerprint density at radius 3 is 2.22 bits per heavy atom. The lowest BCUT2D eigenvalue weighted by Gasteiger charge is -2.26. The molecule has 0 aliphatic carbocycles. The van der Waals surface area contributed by atoms with Crippen LogP contribution in [0, 0.1) is 0 Å². The van der Waals surface area contributed by atoms with Crippen molar-refractivity contribution in [3.63, 3.8) is 0 Å². The second-order valence-corrected chi connectivity index (χ2v) is 5.65. The van der Waals surface area contributed by atoms with Crippen molar-refractivity contribution in [3.8, 4) is 0 Å². The zero-order valence-electron chi connectivity index (χ0n) is 15.5. The van der Waals surface area contributed by atoms with E-state index in [-0.39, 0.29) is 18.7 Å². The number of allylic oxidation sites excluding steroid dienone is 3. The van der Waals surface area contributed by atoms with E-state index in [9.17, 15) is 14.7 Å². The average molecular weight is 325 g/mol. The number of likely N-dealkylation sites (N-methyl/N-ethyl adjacent to an activating group) is 1. The number of aliphatic hydroxyl groups is 1. The van der Waals surface area contributed by atoms with E-state index in [2.05, 4.69) is 6.58 Å². The highest BCUT2D eigenvalue weighted by Gasteiger charge is 2.20. The molecule has 132 valence electrons. The molecule has 0 saturated carbocycles. The number of rotatable bonds is 7. The maximum atomic E-state index is 11.8. The molecule has 0 aliphatic heterocycles. The van der Waals surface area contributed by atoms with Crippen molar-refractivity contribution in [1.82, 2.24) is 4.90 Å². The zero-order chi connectivity index (χ0) is 18.6. The molecule has 0 amide bonds. The predicted molar refractivity (Wildman–Crippen MR) is 94.1 cm³/mol. The van der Waals surface area contributed by atoms with Crippen LogP contribution in [0.2, 0.25) is 0 Å². The Labute approximate surface area is 140 Å². The van der Waals surface area contributed by atoms with E-state index in [1.54, 1.807) is 40.8 Å². The highest BCUT2D eigenvalue weighted by molar-refractivity contribution is 5.72. The Morgan fingerprint density at radius 1 is 1.30 bits per heavy atom. The van der Waals surface area contributed by atoms with Gasteiger partial charge in [-0.25, -0.2) is 0 Å². The summed E-state index contributed by atoms with van der Waals surface area (Å²) in [6, 6.07) is 0. The fourth-order valence-electron chi connectivity index (χ4n) is 1.73. The molecular formula is C18H31NO4. The van der Waals surface area contributed by atoms with Gasteiger partial charge in [0.05, 0.1) is 5.70 Å². The van der Waals surface area contributed by atoms with Crippen LogP contribution in [0.25, 0.3) is 0 Å². The molecule has 0 saturated heterocycles. The molecule has 23 heavy (non-hydrogen) atoms. The number of aldehydes is 1. The van der Waals surface area contributed by atoms with Crippen LogP contribution in [-0.2, 0) is 14.3 Å². The van der Waals surface area contributed by atoms with E-state index < -0.39 is 11.6 Å². The fourth-order valence-corrected chi connectivity index (χ4v) is 1.73. The SMILES string of the molecule is C=C(CC=O)/C(=C(O)\C=C/C)N(C)CC(=O)OC(C)(C)C.CC. The third-order valence-electron chi connectivity index (χ3n) is 2.40. The van der Waals surface area contributed by atoms with Gasteiger partial charge in [-0.05, 0) is 39.3 Å². The van der Waals surface area contributed by atoms with Crippen LogP contribution >= 0.6 is 0 Å². The van der Waals surface area contributed by atoms with E-state index in [1.165, 1.54) is 11.0 Å². The maximum Gasteiger partial charge on any atom is 0.326 e. The topological polar surface area (TPSA) is 66.8 Å². The number of nitrogens with zero attached hydrogens (tertiary/aromatic N) is 1. The largest absolute Gasteiger partial charge is 0.506 e. The fraction of sp³-hybridized carbons (Fsp3) is 0.556. The molecule has 0 rings (SSSR count). The Hall–Kier alpha value is -2.04. The second kappa shape index (κ2) is 11.5. The van der Waals surface area contributed by atoms with Crippen molar-refractivity contribution < 1.29 is 19.4 Å². The lowest BCUT2D eigenvalue weighted by Crippen LogP contribution is -2.33. The van der Waals surface area contributed by atoms with Crippen molar-refractivity contribution >= 4 is 12.3 Å². The third kappa shape index (κ3) is 10.3. The Bertz CT molecular complexity index is 456. The summed E-state index contributed by atoms with van der Waals surface area (Å²) in [7, 11) is 1.63. The first-order chi connectivity index (χ1) is 10.6. The summed E-state index contributed by atoms with van der Waals surface area (Å²) < 4.78 is 5.24. The molecule has 1 N–H and O–H groups in total. The first-order valence-corrected chi connectivity index (χ1v) is 7.73. The summed E-state index contributed by atoms with van der Waals surface area (Å²) in [5.74, 6) is -0.468. The molecule has 5 heteroatoms. The first kappa shape index (κ1) is 23.2. The molecule has 5 nitrogen and oxygen atoms in total. The van der Waals surface area contributed by atoms with E-state index in [4.69, 9.17) is 4.74 Å². The van der Waals surface area contributed by atoms with Gasteiger partial charge < -0.3 is 19.5 Å². The number of esters is 1. The molecule has 0 atom stereocenters. The summed E-state index contributed by atoms with van der Waals surface area (Å²) in [5.41, 5.74) is 0.213. The van der Waals surface area contributed by atoms with Gasteiger partial charge >= 0.3 is 5.97 Å². The summed E-state index contributed by atoms with van der Waals surface area (Å²) in [5, 5.41) is 10.0. The van der Waals surface area contributed by atoms with Gasteiger partial charge in [0.15, 0.2) is 0 Å². The normalized spacial score (nSPS) is 12.0. The van der Waals surface area contributed by atoms with E-state index in [1.807, 2.05) is 13.8 Å². The average Bonchev–Trinajstić information content (AvgIpc) is 2.39. The van der Waals surface area contributed by atoms with Crippen LogP contribution in [0.15, 0.2) is 35.8 Å². The lowest BCUT2D eigenvalue weighted by atomic mass is 10.1. The standard InChI is InChI=1S/C16H25NO4.C2H6/c1-7-8-13(19)15(12(2)9-10-18)17(6)11-14(20)21-16(3,4)5;1-2/h7-8,10,19H,2,9,11H2,1,3-6H3;1-2H3/b8-7-,15-13-;. The van der Waals surface area contributed by atoms with Gasteiger partial charge in [0, 0.05) is 13.5 Å². The summed E-state index contributed by atoms with van der Waals surface area (Å²) in [4.78, 5) is 24.0. The van der Waals surface area contributed by atoms with Crippen LogP contribution < -0.4 is 0 Å². The minimum absolute atomic E-state index is 0.0459. The Kier molecular flexibility index (Phi) is 11.6. The van der Waals surface area contributed by atoms with Crippen molar-refractivity contribution in [1.29, 1.82) is 0 Å². The Balaban J connectivity index is 0. The molecule has 0 bridgehead atoms. The van der Waals surface area contributed by atoms with Crippen LogP contribution in [0.4, 0.5) is 0 Å². The van der Waals surface area contributed by atoms with Gasteiger partial charge in [0.25, 0.3) is 0 Å². The van der Waals surface area contributed by atoms with Gasteiger partial charge in [0.1, 0.15) is 24.2 Å². The van der Waals surface area contributed by atoms with Gasteiger partial charge in [-0.3, -0.25) is 4.79 Å². The van der Waals surface area contributed by atoms with Gasteiger partial charge in [0.2, 0.25) is 0 Å². The van der Waals surface area contributed by atoms with Crippen LogP contribution in [0.1, 0.15) is 48.0 Å². The van der Waals surface area contributed by atoms with Crippen LogP contribution in [0.3, 0.4) is 0 Å². The minimum Gasteiger partial charge on any atom is -0.506 e. The van der Waals surface area contributed by atoms with Crippen LogP contribution in [-0.4, -0.2) is 41.5 Å². The van der Waals surface area contributed by atoms with Crippen molar-refractivity contribution in [2.24, 2.45) is 0 Å². The number of carbonyl (C=O) groups excluding carboxylic acids is 2. The molecule has 0 heterocycles. The van der Waals surface area contributed by atoms with Gasteiger partial charge in [-0.2, -0.15) is 0 Å². The van der Waals surface area contributed by atoms with Gasteiger partial charge in [-0.1, -0.05) is 26.5 Å². The molecule has 0 aromatic carbocycles. The predicted octanol–water partition coefficient (Wildman–Crippen LogP) is 3.78. The molecule has 0 aliphatic rings.